The van der Waals surface area contributed by atoms with Crippen LogP contribution in [0, 0.1) is 5.92 Å². The molecule has 0 radical (unpaired) electrons. The SMILES string of the molecule is CCC(C)CC1(C)C(=O)c2cccc3c4ccccc4c4ncc1n4c23. The third kappa shape index (κ3) is 1.78. The van der Waals surface area contributed by atoms with Gasteiger partial charge in [0, 0.05) is 16.3 Å². The van der Waals surface area contributed by atoms with Crippen LogP contribution in [0.1, 0.15) is 49.7 Å². The van der Waals surface area contributed by atoms with E-state index in [4.69, 9.17) is 4.98 Å². The Morgan fingerprint density at radius 1 is 1.08 bits per heavy atom. The Morgan fingerprint density at radius 3 is 2.58 bits per heavy atom. The highest BCUT2D eigenvalue weighted by Gasteiger charge is 2.43. The summed E-state index contributed by atoms with van der Waals surface area (Å²) < 4.78 is 2.25. The summed E-state index contributed by atoms with van der Waals surface area (Å²) >= 11 is 0. The first-order valence-electron chi connectivity index (χ1n) is 9.42. The van der Waals surface area contributed by atoms with Gasteiger partial charge in [-0.3, -0.25) is 9.20 Å². The predicted octanol–water partition coefficient (Wildman–Crippen LogP) is 5.53. The predicted molar refractivity (Wildman–Crippen MR) is 106 cm³/mol. The Kier molecular flexibility index (Phi) is 3.09. The first-order chi connectivity index (χ1) is 12.6. The van der Waals surface area contributed by atoms with Crippen molar-refractivity contribution in [3.8, 4) is 0 Å². The van der Waals surface area contributed by atoms with Gasteiger partial charge in [0.05, 0.1) is 22.8 Å². The molecule has 5 rings (SSSR count). The fourth-order valence-electron chi connectivity index (χ4n) is 4.71. The van der Waals surface area contributed by atoms with Gasteiger partial charge < -0.3 is 0 Å². The maximum Gasteiger partial charge on any atom is 0.176 e. The fraction of sp³-hybridized carbons (Fsp3) is 0.304. The Balaban J connectivity index is 1.99. The molecule has 0 N–H and O–H groups in total. The number of carbonyl (C=O) groups is 1. The molecule has 3 heteroatoms. The van der Waals surface area contributed by atoms with Crippen molar-refractivity contribution in [1.29, 1.82) is 0 Å². The maximum atomic E-state index is 13.6. The molecule has 2 atom stereocenters. The number of hydrogen-bond donors (Lipinski definition) is 0. The fourth-order valence-corrected chi connectivity index (χ4v) is 4.71. The number of fused-ring (bicyclic) bond motifs is 3. The Hall–Kier alpha value is -2.68. The standard InChI is InChI=1S/C23H22N2O/c1-4-14(2)12-23(3)19-13-24-22-17-9-6-5-8-15(17)16-10-7-11-18(21(23)26)20(16)25(19)22/h5-11,13-14H,4,12H2,1-3H3. The van der Waals surface area contributed by atoms with E-state index in [0.29, 0.717) is 5.92 Å². The number of nitrogens with zero attached hydrogens (tertiary/aromatic N) is 2. The summed E-state index contributed by atoms with van der Waals surface area (Å²) in [5.74, 6) is 0.712. The van der Waals surface area contributed by atoms with Crippen molar-refractivity contribution < 1.29 is 4.79 Å². The normalized spacial score (nSPS) is 20.5. The minimum absolute atomic E-state index is 0.230. The smallest absolute Gasteiger partial charge is 0.176 e. The maximum absolute atomic E-state index is 13.6. The molecular weight excluding hydrogens is 320 g/mol. The number of ketones is 1. The number of aromatic nitrogens is 2. The summed E-state index contributed by atoms with van der Waals surface area (Å²) in [4.78, 5) is 18.4. The molecule has 2 aromatic heterocycles. The van der Waals surface area contributed by atoms with E-state index in [9.17, 15) is 4.79 Å². The van der Waals surface area contributed by atoms with Crippen LogP contribution in [0.5, 0.6) is 0 Å². The van der Waals surface area contributed by atoms with Crippen LogP contribution in [0.4, 0.5) is 0 Å². The summed E-state index contributed by atoms with van der Waals surface area (Å²) in [6, 6.07) is 14.5. The average molecular weight is 342 g/mol. The number of benzene rings is 2. The molecule has 1 aliphatic rings. The second-order valence-corrected chi connectivity index (χ2v) is 7.93. The molecule has 4 aromatic rings. The molecule has 1 aliphatic heterocycles. The zero-order chi connectivity index (χ0) is 18.1. The van der Waals surface area contributed by atoms with Crippen LogP contribution in [0.3, 0.4) is 0 Å². The van der Waals surface area contributed by atoms with Gasteiger partial charge >= 0.3 is 0 Å². The van der Waals surface area contributed by atoms with Gasteiger partial charge in [0.1, 0.15) is 5.65 Å². The molecule has 26 heavy (non-hydrogen) atoms. The number of para-hydroxylation sites is 1. The van der Waals surface area contributed by atoms with E-state index in [-0.39, 0.29) is 5.78 Å². The minimum atomic E-state index is -0.529. The third-order valence-electron chi connectivity index (χ3n) is 6.24. The highest BCUT2D eigenvalue weighted by Crippen LogP contribution is 2.44. The number of rotatable bonds is 3. The van der Waals surface area contributed by atoms with Crippen LogP contribution in [-0.4, -0.2) is 15.2 Å². The van der Waals surface area contributed by atoms with E-state index in [2.05, 4.69) is 55.5 Å². The molecule has 0 saturated heterocycles. The van der Waals surface area contributed by atoms with Gasteiger partial charge in [0.25, 0.3) is 0 Å². The van der Waals surface area contributed by atoms with Crippen molar-refractivity contribution in [2.45, 2.75) is 39.0 Å². The summed E-state index contributed by atoms with van der Waals surface area (Å²) in [6.45, 7) is 6.52. The molecule has 0 saturated carbocycles. The highest BCUT2D eigenvalue weighted by atomic mass is 16.1. The van der Waals surface area contributed by atoms with Gasteiger partial charge in [-0.25, -0.2) is 4.98 Å². The van der Waals surface area contributed by atoms with Crippen LogP contribution in [0.2, 0.25) is 0 Å². The molecule has 0 fully saturated rings. The van der Waals surface area contributed by atoms with Gasteiger partial charge in [-0.05, 0) is 30.7 Å². The van der Waals surface area contributed by atoms with Crippen LogP contribution in [0.25, 0.3) is 27.3 Å². The van der Waals surface area contributed by atoms with Gasteiger partial charge in [-0.15, -0.1) is 0 Å². The van der Waals surface area contributed by atoms with Crippen LogP contribution in [-0.2, 0) is 5.41 Å². The molecule has 0 amide bonds. The van der Waals surface area contributed by atoms with E-state index < -0.39 is 5.41 Å². The molecule has 2 unspecified atom stereocenters. The van der Waals surface area contributed by atoms with Gasteiger partial charge in [0.2, 0.25) is 0 Å². The minimum Gasteiger partial charge on any atom is -0.294 e. The molecular formula is C23H22N2O. The van der Waals surface area contributed by atoms with Crippen molar-refractivity contribution in [1.82, 2.24) is 9.38 Å². The lowest BCUT2D eigenvalue weighted by Gasteiger charge is -2.34. The lowest BCUT2D eigenvalue weighted by atomic mass is 9.71. The van der Waals surface area contributed by atoms with Crippen molar-refractivity contribution >= 4 is 33.1 Å². The van der Waals surface area contributed by atoms with E-state index in [1.165, 1.54) is 0 Å². The van der Waals surface area contributed by atoms with Gasteiger partial charge in [0.15, 0.2) is 5.78 Å². The monoisotopic (exact) mass is 342 g/mol. The molecule has 3 nitrogen and oxygen atoms in total. The molecule has 0 aliphatic carbocycles. The van der Waals surface area contributed by atoms with E-state index in [1.807, 2.05) is 18.3 Å². The zero-order valence-electron chi connectivity index (χ0n) is 15.4. The number of pyridine rings is 1. The average Bonchev–Trinajstić information content (AvgIpc) is 3.12. The van der Waals surface area contributed by atoms with Crippen LogP contribution in [0.15, 0.2) is 48.7 Å². The first kappa shape index (κ1) is 15.6. The summed E-state index contributed by atoms with van der Waals surface area (Å²) in [7, 11) is 0. The van der Waals surface area contributed by atoms with Gasteiger partial charge in [-0.1, -0.05) is 56.7 Å². The number of hydrogen-bond acceptors (Lipinski definition) is 2. The van der Waals surface area contributed by atoms with E-state index >= 15 is 0 Å². The van der Waals surface area contributed by atoms with Crippen molar-refractivity contribution in [3.05, 3.63) is 59.9 Å². The van der Waals surface area contributed by atoms with E-state index in [1.54, 1.807) is 0 Å². The lowest BCUT2D eigenvalue weighted by Crippen LogP contribution is -2.38. The number of imidazole rings is 1. The number of carbonyl (C=O) groups excluding carboxylic acids is 1. The lowest BCUT2D eigenvalue weighted by molar-refractivity contribution is 0.0865. The molecule has 0 bridgehead atoms. The molecule has 130 valence electrons. The largest absolute Gasteiger partial charge is 0.294 e. The third-order valence-corrected chi connectivity index (χ3v) is 6.24. The topological polar surface area (TPSA) is 34.4 Å². The van der Waals surface area contributed by atoms with Crippen LogP contribution < -0.4 is 0 Å². The highest BCUT2D eigenvalue weighted by molar-refractivity contribution is 6.21. The second-order valence-electron chi connectivity index (χ2n) is 7.93. The van der Waals surface area contributed by atoms with Gasteiger partial charge in [-0.2, -0.15) is 0 Å². The quantitative estimate of drug-likeness (QED) is 0.459. The van der Waals surface area contributed by atoms with E-state index in [0.717, 1.165) is 51.4 Å². The zero-order valence-corrected chi connectivity index (χ0v) is 15.4. The Bertz CT molecular complexity index is 1200. The summed E-state index contributed by atoms with van der Waals surface area (Å²) in [5.41, 5.74) is 3.30. The molecule has 0 spiro atoms. The molecule has 3 heterocycles. The summed E-state index contributed by atoms with van der Waals surface area (Å²) in [6.07, 6.45) is 3.84. The summed E-state index contributed by atoms with van der Waals surface area (Å²) in [5, 5.41) is 3.43. The van der Waals surface area contributed by atoms with Crippen molar-refractivity contribution in [3.63, 3.8) is 0 Å². The first-order valence-corrected chi connectivity index (χ1v) is 9.42. The van der Waals surface area contributed by atoms with Crippen molar-refractivity contribution in [2.24, 2.45) is 5.92 Å². The second kappa shape index (κ2) is 5.16. The Morgan fingerprint density at radius 2 is 1.81 bits per heavy atom. The Labute approximate surface area is 152 Å². The van der Waals surface area contributed by atoms with Crippen LogP contribution >= 0.6 is 0 Å². The molecule has 2 aromatic carbocycles. The number of Topliss-reactive ketones (excluding diaryl/α,β-unsaturated/α-hetero) is 1. The van der Waals surface area contributed by atoms with Crippen molar-refractivity contribution in [2.75, 3.05) is 0 Å².